The van der Waals surface area contributed by atoms with Gasteiger partial charge in [-0.1, -0.05) is 12.1 Å². The Morgan fingerprint density at radius 1 is 1.04 bits per heavy atom. The van der Waals surface area contributed by atoms with Crippen molar-refractivity contribution in [2.75, 3.05) is 5.32 Å². The average Bonchev–Trinajstić information content (AvgIpc) is 2.49. The number of amides is 2. The van der Waals surface area contributed by atoms with Crippen LogP contribution in [0.2, 0.25) is 0 Å². The Bertz CT molecular complexity index is 816. The molecule has 0 saturated carbocycles. The van der Waals surface area contributed by atoms with Crippen LogP contribution in [0.3, 0.4) is 0 Å². The minimum atomic E-state index is -4.26. The molecular weight excluding hydrogens is 323 g/mol. The molecule has 0 bridgehead atoms. The Kier molecular flexibility index (Phi) is 5.09. The van der Waals surface area contributed by atoms with E-state index in [2.05, 4.69) is 10.6 Å². The second-order valence-electron chi connectivity index (χ2n) is 4.48. The van der Waals surface area contributed by atoms with Crippen LogP contribution in [0.4, 0.5) is 14.9 Å². The molecule has 2 amide bonds. The van der Waals surface area contributed by atoms with E-state index in [9.17, 15) is 17.6 Å². The van der Waals surface area contributed by atoms with Gasteiger partial charge in [-0.2, -0.15) is 8.42 Å². The topological polar surface area (TPSA) is 95.5 Å². The Morgan fingerprint density at radius 3 is 2.22 bits per heavy atom. The quantitative estimate of drug-likeness (QED) is 0.748. The van der Waals surface area contributed by atoms with Gasteiger partial charge in [0, 0.05) is 11.9 Å². The maximum atomic E-state index is 12.7. The van der Waals surface area contributed by atoms with Gasteiger partial charge in [0.25, 0.3) is 10.1 Å². The van der Waals surface area contributed by atoms with Gasteiger partial charge in [-0.05, 0) is 48.0 Å². The summed E-state index contributed by atoms with van der Waals surface area (Å²) in [7, 11) is -4.26. The first-order valence-corrected chi connectivity index (χ1v) is 7.86. The van der Waals surface area contributed by atoms with E-state index < -0.39 is 16.1 Å². The number of benzene rings is 2. The van der Waals surface area contributed by atoms with Crippen LogP contribution in [0.5, 0.6) is 0 Å². The summed E-state index contributed by atoms with van der Waals surface area (Å²) >= 11 is 0. The lowest BCUT2D eigenvalue weighted by atomic mass is 10.2. The first kappa shape index (κ1) is 16.7. The molecule has 0 radical (unpaired) electrons. The summed E-state index contributed by atoms with van der Waals surface area (Å²) in [6.07, 6.45) is 2.97. The maximum Gasteiger partial charge on any atom is 0.323 e. The van der Waals surface area contributed by atoms with Crippen LogP contribution in [0, 0.1) is 5.82 Å². The van der Waals surface area contributed by atoms with Crippen molar-refractivity contribution in [2.45, 2.75) is 4.90 Å². The van der Waals surface area contributed by atoms with Gasteiger partial charge in [0.05, 0.1) is 4.90 Å². The van der Waals surface area contributed by atoms with Gasteiger partial charge in [-0.3, -0.25) is 4.55 Å². The number of nitrogens with one attached hydrogen (secondary N) is 2. The van der Waals surface area contributed by atoms with Crippen LogP contribution in [0.15, 0.2) is 59.6 Å². The Morgan fingerprint density at radius 2 is 1.65 bits per heavy atom. The van der Waals surface area contributed by atoms with Crippen molar-refractivity contribution in [1.82, 2.24) is 5.32 Å². The molecule has 0 atom stereocenters. The van der Waals surface area contributed by atoms with Crippen LogP contribution in [0.1, 0.15) is 5.56 Å². The predicted molar refractivity (Wildman–Crippen MR) is 83.8 cm³/mol. The smallest absolute Gasteiger partial charge is 0.314 e. The van der Waals surface area contributed by atoms with Crippen LogP contribution in [-0.2, 0) is 10.1 Å². The summed E-state index contributed by atoms with van der Waals surface area (Å²) in [4.78, 5) is 11.4. The summed E-state index contributed by atoms with van der Waals surface area (Å²) < 4.78 is 43.3. The Hall–Kier alpha value is -2.71. The summed E-state index contributed by atoms with van der Waals surface area (Å²) in [5.74, 6) is -0.346. The van der Waals surface area contributed by atoms with Crippen LogP contribution < -0.4 is 10.6 Å². The summed E-state index contributed by atoms with van der Waals surface area (Å²) in [6, 6.07) is 10.2. The number of hydrogen-bond donors (Lipinski definition) is 3. The average molecular weight is 336 g/mol. The van der Waals surface area contributed by atoms with E-state index >= 15 is 0 Å². The van der Waals surface area contributed by atoms with Gasteiger partial charge < -0.3 is 10.6 Å². The van der Waals surface area contributed by atoms with Crippen molar-refractivity contribution in [1.29, 1.82) is 0 Å². The molecule has 6 nitrogen and oxygen atoms in total. The SMILES string of the molecule is O=C(N/C=C/c1ccc(F)cc1)Nc1ccc(S(=O)(=O)O)cc1. The number of carbonyl (C=O) groups is 1. The third-order valence-electron chi connectivity index (χ3n) is 2.77. The van der Waals surface area contributed by atoms with E-state index in [1.54, 1.807) is 18.2 Å². The normalized spacial score (nSPS) is 11.4. The first-order valence-electron chi connectivity index (χ1n) is 6.42. The molecule has 23 heavy (non-hydrogen) atoms. The Labute approximate surface area is 132 Å². The van der Waals surface area contributed by atoms with Crippen molar-refractivity contribution in [3.63, 3.8) is 0 Å². The van der Waals surface area contributed by atoms with E-state index in [0.29, 0.717) is 11.3 Å². The van der Waals surface area contributed by atoms with Crippen molar-refractivity contribution in [2.24, 2.45) is 0 Å². The first-order chi connectivity index (χ1) is 10.8. The molecule has 0 saturated heterocycles. The van der Waals surface area contributed by atoms with Crippen molar-refractivity contribution in [3.05, 3.63) is 66.1 Å². The molecule has 120 valence electrons. The molecule has 0 spiro atoms. The largest absolute Gasteiger partial charge is 0.323 e. The molecule has 2 aromatic carbocycles. The maximum absolute atomic E-state index is 12.7. The molecule has 0 aliphatic rings. The summed E-state index contributed by atoms with van der Waals surface area (Å²) in [5.41, 5.74) is 1.06. The molecule has 0 heterocycles. The minimum Gasteiger partial charge on any atom is -0.314 e. The molecule has 0 unspecified atom stereocenters. The Balaban J connectivity index is 1.91. The number of urea groups is 1. The molecular formula is C15H13FN2O4S. The molecule has 0 aromatic heterocycles. The predicted octanol–water partition coefficient (Wildman–Crippen LogP) is 2.86. The fraction of sp³-hybridized carbons (Fsp3) is 0. The third kappa shape index (κ3) is 5.20. The minimum absolute atomic E-state index is 0.264. The lowest BCUT2D eigenvalue weighted by Crippen LogP contribution is -2.23. The molecule has 0 fully saturated rings. The fourth-order valence-electron chi connectivity index (χ4n) is 1.66. The van der Waals surface area contributed by atoms with E-state index in [4.69, 9.17) is 4.55 Å². The van der Waals surface area contributed by atoms with Crippen molar-refractivity contribution >= 4 is 27.9 Å². The number of hydrogen-bond acceptors (Lipinski definition) is 3. The van der Waals surface area contributed by atoms with Gasteiger partial charge in [-0.25, -0.2) is 9.18 Å². The van der Waals surface area contributed by atoms with Crippen LogP contribution in [0.25, 0.3) is 6.08 Å². The highest BCUT2D eigenvalue weighted by atomic mass is 32.2. The lowest BCUT2D eigenvalue weighted by Gasteiger charge is -2.05. The summed E-state index contributed by atoms with van der Waals surface area (Å²) in [5, 5.41) is 4.93. The fourth-order valence-corrected chi connectivity index (χ4v) is 2.14. The second-order valence-corrected chi connectivity index (χ2v) is 5.90. The molecule has 0 aliphatic carbocycles. The van der Waals surface area contributed by atoms with Gasteiger partial charge in [0.1, 0.15) is 5.82 Å². The molecule has 8 heteroatoms. The molecule has 2 rings (SSSR count). The molecule has 2 aromatic rings. The number of rotatable bonds is 4. The monoisotopic (exact) mass is 336 g/mol. The number of anilines is 1. The van der Waals surface area contributed by atoms with Gasteiger partial charge in [-0.15, -0.1) is 0 Å². The third-order valence-corrected chi connectivity index (χ3v) is 3.64. The standard InChI is InChI=1S/C15H13FN2O4S/c16-12-3-1-11(2-4-12)9-10-17-15(19)18-13-5-7-14(8-6-13)23(20,21)22/h1-10H,(H2,17,18,19)(H,20,21,22)/b10-9+. The molecule has 3 N–H and O–H groups in total. The lowest BCUT2D eigenvalue weighted by molar-refractivity contribution is 0.255. The molecule has 0 aliphatic heterocycles. The highest BCUT2D eigenvalue weighted by Gasteiger charge is 2.08. The van der Waals surface area contributed by atoms with E-state index in [1.165, 1.54) is 42.6 Å². The van der Waals surface area contributed by atoms with Crippen molar-refractivity contribution < 1.29 is 22.2 Å². The van der Waals surface area contributed by atoms with E-state index in [0.717, 1.165) is 0 Å². The zero-order valence-corrected chi connectivity index (χ0v) is 12.5. The van der Waals surface area contributed by atoms with E-state index in [1.807, 2.05) is 0 Å². The number of halogens is 1. The van der Waals surface area contributed by atoms with Crippen LogP contribution >= 0.6 is 0 Å². The van der Waals surface area contributed by atoms with Gasteiger partial charge >= 0.3 is 6.03 Å². The highest BCUT2D eigenvalue weighted by Crippen LogP contribution is 2.13. The zero-order valence-electron chi connectivity index (χ0n) is 11.7. The summed E-state index contributed by atoms with van der Waals surface area (Å²) in [6.45, 7) is 0. The van der Waals surface area contributed by atoms with Crippen LogP contribution in [-0.4, -0.2) is 19.0 Å². The van der Waals surface area contributed by atoms with Crippen molar-refractivity contribution in [3.8, 4) is 0 Å². The number of carbonyl (C=O) groups excluding carboxylic acids is 1. The highest BCUT2D eigenvalue weighted by molar-refractivity contribution is 7.85. The van der Waals surface area contributed by atoms with Gasteiger partial charge in [0.15, 0.2) is 0 Å². The second kappa shape index (κ2) is 7.03. The van der Waals surface area contributed by atoms with Gasteiger partial charge in [0.2, 0.25) is 0 Å². The zero-order chi connectivity index (χ0) is 16.9. The van der Waals surface area contributed by atoms with E-state index in [-0.39, 0.29) is 10.7 Å².